The molecule has 0 N–H and O–H groups in total. The SMILES string of the molecule is Cc1c(COc2ccc(N=[N+]=[N-])cc2)cnn1C. The molecule has 0 bridgehead atoms. The van der Waals surface area contributed by atoms with Gasteiger partial charge < -0.3 is 4.74 Å². The lowest BCUT2D eigenvalue weighted by Gasteiger charge is -2.05. The topological polar surface area (TPSA) is 75.8 Å². The molecule has 0 aliphatic heterocycles. The van der Waals surface area contributed by atoms with E-state index in [9.17, 15) is 0 Å². The largest absolute Gasteiger partial charge is 0.489 e. The summed E-state index contributed by atoms with van der Waals surface area (Å²) in [4.78, 5) is 2.72. The molecule has 92 valence electrons. The van der Waals surface area contributed by atoms with E-state index in [1.54, 1.807) is 30.5 Å². The Morgan fingerprint density at radius 2 is 2.11 bits per heavy atom. The van der Waals surface area contributed by atoms with Crippen LogP contribution in [0, 0.1) is 6.92 Å². The van der Waals surface area contributed by atoms with Crippen LogP contribution in [0.4, 0.5) is 5.69 Å². The molecule has 0 spiro atoms. The van der Waals surface area contributed by atoms with Crippen molar-refractivity contribution < 1.29 is 4.74 Å². The number of hydrogen-bond acceptors (Lipinski definition) is 3. The Morgan fingerprint density at radius 1 is 1.39 bits per heavy atom. The van der Waals surface area contributed by atoms with Gasteiger partial charge in [0.15, 0.2) is 0 Å². The first-order chi connectivity index (χ1) is 8.70. The quantitative estimate of drug-likeness (QED) is 0.469. The molecular formula is C12H13N5O. The number of aromatic nitrogens is 2. The van der Waals surface area contributed by atoms with Crippen molar-refractivity contribution in [2.75, 3.05) is 0 Å². The molecule has 1 heterocycles. The van der Waals surface area contributed by atoms with Crippen LogP contribution < -0.4 is 4.74 Å². The molecule has 18 heavy (non-hydrogen) atoms. The van der Waals surface area contributed by atoms with E-state index in [-0.39, 0.29) is 0 Å². The van der Waals surface area contributed by atoms with E-state index in [0.29, 0.717) is 12.3 Å². The molecule has 0 radical (unpaired) electrons. The lowest BCUT2D eigenvalue weighted by atomic mass is 10.3. The summed E-state index contributed by atoms with van der Waals surface area (Å²) in [5.74, 6) is 0.732. The zero-order valence-corrected chi connectivity index (χ0v) is 10.2. The third kappa shape index (κ3) is 2.61. The summed E-state index contributed by atoms with van der Waals surface area (Å²) in [6, 6.07) is 6.97. The van der Waals surface area contributed by atoms with E-state index in [4.69, 9.17) is 10.3 Å². The van der Waals surface area contributed by atoms with Gasteiger partial charge in [-0.1, -0.05) is 5.11 Å². The van der Waals surface area contributed by atoms with Gasteiger partial charge in [-0.05, 0) is 36.7 Å². The van der Waals surface area contributed by atoms with Crippen LogP contribution in [0.3, 0.4) is 0 Å². The summed E-state index contributed by atoms with van der Waals surface area (Å²) >= 11 is 0. The minimum absolute atomic E-state index is 0.473. The van der Waals surface area contributed by atoms with Gasteiger partial charge in [0.2, 0.25) is 0 Å². The summed E-state index contributed by atoms with van der Waals surface area (Å²) in [5, 5.41) is 7.64. The third-order valence-electron chi connectivity index (χ3n) is 2.73. The maximum Gasteiger partial charge on any atom is 0.119 e. The van der Waals surface area contributed by atoms with Crippen LogP contribution in [0.25, 0.3) is 10.4 Å². The van der Waals surface area contributed by atoms with E-state index in [2.05, 4.69) is 15.1 Å². The summed E-state index contributed by atoms with van der Waals surface area (Å²) in [5.41, 5.74) is 11.0. The number of hydrogen-bond donors (Lipinski definition) is 0. The van der Waals surface area contributed by atoms with Crippen LogP contribution in [0.5, 0.6) is 5.75 Å². The van der Waals surface area contributed by atoms with E-state index < -0.39 is 0 Å². The van der Waals surface area contributed by atoms with E-state index >= 15 is 0 Å². The Morgan fingerprint density at radius 3 is 2.67 bits per heavy atom. The van der Waals surface area contributed by atoms with Crippen LogP contribution in [0.1, 0.15) is 11.3 Å². The molecule has 0 amide bonds. The van der Waals surface area contributed by atoms with E-state index in [1.807, 2.05) is 18.7 Å². The van der Waals surface area contributed by atoms with Crippen molar-refractivity contribution in [3.8, 4) is 5.75 Å². The molecule has 0 unspecified atom stereocenters. The minimum atomic E-state index is 0.473. The average Bonchev–Trinajstić information content (AvgIpc) is 2.70. The van der Waals surface area contributed by atoms with Crippen molar-refractivity contribution in [1.82, 2.24) is 9.78 Å². The Balaban J connectivity index is 2.02. The molecule has 0 atom stereocenters. The normalized spacial score (nSPS) is 9.89. The molecule has 2 rings (SSSR count). The van der Waals surface area contributed by atoms with Gasteiger partial charge in [-0.3, -0.25) is 4.68 Å². The summed E-state index contributed by atoms with van der Waals surface area (Å²) in [6.07, 6.45) is 1.80. The van der Waals surface area contributed by atoms with Gasteiger partial charge in [0.25, 0.3) is 0 Å². The Kier molecular flexibility index (Phi) is 3.50. The van der Waals surface area contributed by atoms with Crippen molar-refractivity contribution in [3.63, 3.8) is 0 Å². The number of nitrogens with zero attached hydrogens (tertiary/aromatic N) is 5. The van der Waals surface area contributed by atoms with Gasteiger partial charge in [0, 0.05) is 28.9 Å². The highest BCUT2D eigenvalue weighted by Crippen LogP contribution is 2.19. The first-order valence-corrected chi connectivity index (χ1v) is 5.46. The first kappa shape index (κ1) is 12.0. The summed E-state index contributed by atoms with van der Waals surface area (Å²) in [7, 11) is 1.90. The number of azide groups is 1. The zero-order valence-electron chi connectivity index (χ0n) is 10.2. The van der Waals surface area contributed by atoms with Gasteiger partial charge in [0.1, 0.15) is 12.4 Å². The molecular weight excluding hydrogens is 230 g/mol. The molecule has 0 aliphatic rings. The van der Waals surface area contributed by atoms with Crippen molar-refractivity contribution >= 4 is 5.69 Å². The second-order valence-corrected chi connectivity index (χ2v) is 3.85. The van der Waals surface area contributed by atoms with Crippen LogP contribution in [-0.4, -0.2) is 9.78 Å². The number of benzene rings is 1. The fraction of sp³-hybridized carbons (Fsp3) is 0.250. The highest BCUT2D eigenvalue weighted by molar-refractivity contribution is 5.41. The zero-order chi connectivity index (χ0) is 13.0. The van der Waals surface area contributed by atoms with Gasteiger partial charge in [0.05, 0.1) is 6.20 Å². The van der Waals surface area contributed by atoms with Crippen LogP contribution in [0.2, 0.25) is 0 Å². The highest BCUT2D eigenvalue weighted by atomic mass is 16.5. The van der Waals surface area contributed by atoms with E-state index in [0.717, 1.165) is 17.0 Å². The molecule has 6 nitrogen and oxygen atoms in total. The number of rotatable bonds is 4. The number of ether oxygens (including phenoxy) is 1. The summed E-state index contributed by atoms with van der Waals surface area (Å²) in [6.45, 7) is 2.47. The first-order valence-electron chi connectivity index (χ1n) is 5.46. The van der Waals surface area contributed by atoms with Crippen molar-refractivity contribution in [2.24, 2.45) is 12.2 Å². The lowest BCUT2D eigenvalue weighted by Crippen LogP contribution is -1.98. The minimum Gasteiger partial charge on any atom is -0.489 e. The molecule has 1 aromatic heterocycles. The van der Waals surface area contributed by atoms with Crippen LogP contribution in [0.15, 0.2) is 35.6 Å². The van der Waals surface area contributed by atoms with Crippen molar-refractivity contribution in [1.29, 1.82) is 0 Å². The fourth-order valence-electron chi connectivity index (χ4n) is 1.51. The molecule has 0 saturated carbocycles. The Hall–Kier alpha value is -2.46. The van der Waals surface area contributed by atoms with Crippen molar-refractivity contribution in [2.45, 2.75) is 13.5 Å². The van der Waals surface area contributed by atoms with Gasteiger partial charge in [-0.25, -0.2) is 0 Å². The second kappa shape index (κ2) is 5.25. The molecule has 0 aliphatic carbocycles. The molecule has 0 saturated heterocycles. The highest BCUT2D eigenvalue weighted by Gasteiger charge is 2.04. The predicted molar refractivity (Wildman–Crippen MR) is 67.5 cm³/mol. The molecule has 1 aromatic carbocycles. The van der Waals surface area contributed by atoms with Crippen LogP contribution >= 0.6 is 0 Å². The lowest BCUT2D eigenvalue weighted by molar-refractivity contribution is 0.305. The molecule has 6 heteroatoms. The smallest absolute Gasteiger partial charge is 0.119 e. The van der Waals surface area contributed by atoms with Crippen molar-refractivity contribution in [3.05, 3.63) is 52.2 Å². The Labute approximate surface area is 104 Å². The number of aryl methyl sites for hydroxylation is 1. The van der Waals surface area contributed by atoms with Gasteiger partial charge in [-0.2, -0.15) is 5.10 Å². The van der Waals surface area contributed by atoms with Crippen LogP contribution in [-0.2, 0) is 13.7 Å². The molecule has 2 aromatic rings. The average molecular weight is 243 g/mol. The van der Waals surface area contributed by atoms with Gasteiger partial charge >= 0.3 is 0 Å². The maximum absolute atomic E-state index is 8.29. The van der Waals surface area contributed by atoms with Gasteiger partial charge in [-0.15, -0.1) is 0 Å². The fourth-order valence-corrected chi connectivity index (χ4v) is 1.51. The standard InChI is InChI=1S/C12H13N5O/c1-9-10(7-14-17(9)2)8-18-12-5-3-11(4-6-12)15-16-13/h3-7H,8H2,1-2H3. The Bertz CT molecular complexity index is 581. The second-order valence-electron chi connectivity index (χ2n) is 3.85. The summed E-state index contributed by atoms with van der Waals surface area (Å²) < 4.78 is 7.44. The maximum atomic E-state index is 8.29. The predicted octanol–water partition coefficient (Wildman–Crippen LogP) is 3.25. The monoisotopic (exact) mass is 243 g/mol. The third-order valence-corrected chi connectivity index (χ3v) is 2.73. The molecule has 0 fully saturated rings. The van der Waals surface area contributed by atoms with E-state index in [1.165, 1.54) is 0 Å².